The highest BCUT2D eigenvalue weighted by Gasteiger charge is 2.07. The number of nitrogens with zero attached hydrogens (tertiary/aromatic N) is 3. The molecule has 5 heteroatoms. The lowest BCUT2D eigenvalue weighted by atomic mass is 10.2. The molecule has 0 atom stereocenters. The van der Waals surface area contributed by atoms with Gasteiger partial charge in [-0.05, 0) is 24.3 Å². The van der Waals surface area contributed by atoms with Crippen LogP contribution in [0.3, 0.4) is 0 Å². The van der Waals surface area contributed by atoms with Gasteiger partial charge < -0.3 is 0 Å². The van der Waals surface area contributed by atoms with Crippen LogP contribution in [0.1, 0.15) is 0 Å². The van der Waals surface area contributed by atoms with Crippen molar-refractivity contribution < 1.29 is 0 Å². The molecule has 0 aliphatic rings. The Kier molecular flexibility index (Phi) is 2.90. The van der Waals surface area contributed by atoms with Gasteiger partial charge in [0.1, 0.15) is 5.69 Å². The third-order valence-electron chi connectivity index (χ3n) is 2.50. The van der Waals surface area contributed by atoms with Crippen molar-refractivity contribution in [1.82, 2.24) is 20.2 Å². The summed E-state index contributed by atoms with van der Waals surface area (Å²) in [5.74, 6) is 1.34. The second-order valence-electron chi connectivity index (χ2n) is 3.73. The van der Waals surface area contributed by atoms with Gasteiger partial charge in [-0.25, -0.2) is 4.98 Å². The molecule has 0 saturated heterocycles. The lowest BCUT2D eigenvalue weighted by molar-refractivity contribution is 1.09. The maximum Gasteiger partial charge on any atom is 0.200 e. The van der Waals surface area contributed by atoms with E-state index in [4.69, 9.17) is 0 Å². The van der Waals surface area contributed by atoms with Gasteiger partial charge >= 0.3 is 0 Å². The van der Waals surface area contributed by atoms with Crippen LogP contribution in [0.25, 0.3) is 22.9 Å². The Morgan fingerprint density at radius 2 is 1.83 bits per heavy atom. The predicted octanol–water partition coefficient (Wildman–Crippen LogP) is 3.30. The van der Waals surface area contributed by atoms with E-state index < -0.39 is 0 Å². The number of hydrogen-bond donors (Lipinski definition) is 1. The first-order chi connectivity index (χ1) is 8.83. The molecule has 88 valence electrons. The highest BCUT2D eigenvalue weighted by Crippen LogP contribution is 2.20. The Morgan fingerprint density at radius 1 is 1.00 bits per heavy atom. The van der Waals surface area contributed by atoms with Crippen LogP contribution in [0, 0.1) is 0 Å². The summed E-state index contributed by atoms with van der Waals surface area (Å²) < 4.78 is 1.04. The zero-order valence-corrected chi connectivity index (χ0v) is 10.9. The molecule has 0 amide bonds. The molecule has 0 bridgehead atoms. The lowest BCUT2D eigenvalue weighted by Gasteiger charge is -1.95. The second-order valence-corrected chi connectivity index (χ2v) is 4.65. The quantitative estimate of drug-likeness (QED) is 0.790. The molecule has 3 rings (SSSR count). The number of rotatable bonds is 2. The van der Waals surface area contributed by atoms with Gasteiger partial charge in [0, 0.05) is 16.2 Å². The molecule has 1 N–H and O–H groups in total. The van der Waals surface area contributed by atoms with Crippen molar-refractivity contribution in [1.29, 1.82) is 0 Å². The van der Waals surface area contributed by atoms with E-state index in [1.807, 2.05) is 42.5 Å². The summed E-state index contributed by atoms with van der Waals surface area (Å²) in [6.07, 6.45) is 1.73. The minimum atomic E-state index is 0.605. The van der Waals surface area contributed by atoms with Gasteiger partial charge in [0.2, 0.25) is 0 Å². The van der Waals surface area contributed by atoms with E-state index in [9.17, 15) is 0 Å². The Balaban J connectivity index is 1.97. The summed E-state index contributed by atoms with van der Waals surface area (Å²) in [6, 6.07) is 13.6. The minimum Gasteiger partial charge on any atom is -0.259 e. The number of halogens is 1. The number of nitrogens with one attached hydrogen (secondary N) is 1. The van der Waals surface area contributed by atoms with Gasteiger partial charge in [-0.3, -0.25) is 10.1 Å². The Morgan fingerprint density at radius 3 is 2.56 bits per heavy atom. The number of pyridine rings is 1. The molecule has 0 aliphatic carbocycles. The number of benzene rings is 1. The van der Waals surface area contributed by atoms with Gasteiger partial charge in [0.05, 0.1) is 0 Å². The average molecular weight is 301 g/mol. The highest BCUT2D eigenvalue weighted by atomic mass is 79.9. The van der Waals surface area contributed by atoms with E-state index in [0.717, 1.165) is 21.6 Å². The average Bonchev–Trinajstić information content (AvgIpc) is 2.90. The van der Waals surface area contributed by atoms with Gasteiger partial charge in [0.25, 0.3) is 0 Å². The van der Waals surface area contributed by atoms with Crippen molar-refractivity contribution >= 4 is 15.9 Å². The maximum atomic E-state index is 4.44. The van der Waals surface area contributed by atoms with Crippen LogP contribution < -0.4 is 0 Å². The van der Waals surface area contributed by atoms with Gasteiger partial charge in [0.15, 0.2) is 11.6 Å². The molecule has 0 radical (unpaired) electrons. The Hall–Kier alpha value is -2.01. The molecule has 0 saturated carbocycles. The van der Waals surface area contributed by atoms with Crippen molar-refractivity contribution in [2.75, 3.05) is 0 Å². The molecule has 0 aliphatic heterocycles. The van der Waals surface area contributed by atoms with E-state index >= 15 is 0 Å². The largest absolute Gasteiger partial charge is 0.259 e. The van der Waals surface area contributed by atoms with E-state index in [2.05, 4.69) is 36.1 Å². The van der Waals surface area contributed by atoms with Gasteiger partial charge in [-0.2, -0.15) is 5.10 Å². The SMILES string of the molecule is Brc1ccc(-c2nc(-c3ccccn3)n[nH]2)cc1. The third-order valence-corrected chi connectivity index (χ3v) is 3.03. The first kappa shape index (κ1) is 11.1. The fourth-order valence-corrected chi connectivity index (χ4v) is 1.87. The van der Waals surface area contributed by atoms with Gasteiger partial charge in [-0.1, -0.05) is 34.1 Å². The first-order valence-corrected chi connectivity index (χ1v) is 6.22. The molecule has 0 fully saturated rings. The first-order valence-electron chi connectivity index (χ1n) is 5.43. The van der Waals surface area contributed by atoms with Crippen LogP contribution >= 0.6 is 15.9 Å². The van der Waals surface area contributed by atoms with Gasteiger partial charge in [-0.15, -0.1) is 0 Å². The molecule has 3 aromatic rings. The number of H-pyrrole nitrogens is 1. The van der Waals surface area contributed by atoms with E-state index in [-0.39, 0.29) is 0 Å². The molecule has 4 nitrogen and oxygen atoms in total. The Labute approximate surface area is 112 Å². The van der Waals surface area contributed by atoms with Crippen LogP contribution in [0.15, 0.2) is 53.1 Å². The topological polar surface area (TPSA) is 54.5 Å². The molecule has 0 spiro atoms. The van der Waals surface area contributed by atoms with Crippen LogP contribution in [0.2, 0.25) is 0 Å². The summed E-state index contributed by atoms with van der Waals surface area (Å²) >= 11 is 3.40. The Bertz CT molecular complexity index is 646. The zero-order valence-electron chi connectivity index (χ0n) is 9.34. The second kappa shape index (κ2) is 4.70. The summed E-state index contributed by atoms with van der Waals surface area (Å²) in [4.78, 5) is 8.65. The van der Waals surface area contributed by atoms with Crippen molar-refractivity contribution in [2.45, 2.75) is 0 Å². The lowest BCUT2D eigenvalue weighted by Crippen LogP contribution is -1.84. The standard InChI is InChI=1S/C13H9BrN4/c14-10-6-4-9(5-7-10)12-16-13(18-17-12)11-3-1-2-8-15-11/h1-8H,(H,16,17,18). The normalized spacial score (nSPS) is 10.5. The van der Waals surface area contributed by atoms with Crippen LogP contribution in [0.5, 0.6) is 0 Å². The summed E-state index contributed by atoms with van der Waals surface area (Å²) in [5, 5.41) is 7.10. The number of hydrogen-bond acceptors (Lipinski definition) is 3. The fourth-order valence-electron chi connectivity index (χ4n) is 1.61. The van der Waals surface area contributed by atoms with Crippen molar-refractivity contribution in [3.63, 3.8) is 0 Å². The number of aromatic amines is 1. The third kappa shape index (κ3) is 2.17. The fraction of sp³-hybridized carbons (Fsp3) is 0. The van der Waals surface area contributed by atoms with Crippen LogP contribution in [-0.4, -0.2) is 20.2 Å². The van der Waals surface area contributed by atoms with Crippen molar-refractivity contribution in [3.05, 3.63) is 53.1 Å². The van der Waals surface area contributed by atoms with Crippen molar-refractivity contribution in [2.24, 2.45) is 0 Å². The zero-order chi connectivity index (χ0) is 12.4. The van der Waals surface area contributed by atoms with Crippen LogP contribution in [-0.2, 0) is 0 Å². The maximum absolute atomic E-state index is 4.44. The summed E-state index contributed by atoms with van der Waals surface area (Å²) in [6.45, 7) is 0. The molecule has 1 aromatic carbocycles. The molecular weight excluding hydrogens is 292 g/mol. The monoisotopic (exact) mass is 300 g/mol. The smallest absolute Gasteiger partial charge is 0.200 e. The molecule has 2 aromatic heterocycles. The van der Waals surface area contributed by atoms with Crippen LogP contribution in [0.4, 0.5) is 0 Å². The summed E-state index contributed by atoms with van der Waals surface area (Å²) in [7, 11) is 0. The van der Waals surface area contributed by atoms with Crippen molar-refractivity contribution in [3.8, 4) is 22.9 Å². The van der Waals surface area contributed by atoms with E-state index in [0.29, 0.717) is 5.82 Å². The highest BCUT2D eigenvalue weighted by molar-refractivity contribution is 9.10. The summed E-state index contributed by atoms with van der Waals surface area (Å²) in [5.41, 5.74) is 1.75. The van der Waals surface area contributed by atoms with E-state index in [1.54, 1.807) is 6.20 Å². The molecule has 0 unspecified atom stereocenters. The predicted molar refractivity (Wildman–Crippen MR) is 72.7 cm³/mol. The number of aromatic nitrogens is 4. The minimum absolute atomic E-state index is 0.605. The molecular formula is C13H9BrN4. The molecule has 18 heavy (non-hydrogen) atoms. The molecule has 2 heterocycles. The van der Waals surface area contributed by atoms with E-state index in [1.165, 1.54) is 0 Å².